The Bertz CT molecular complexity index is 814. The Balaban J connectivity index is 1.86. The summed E-state index contributed by atoms with van der Waals surface area (Å²) in [5.41, 5.74) is 2.00. The van der Waals surface area contributed by atoms with E-state index in [0.29, 0.717) is 17.7 Å². The highest BCUT2D eigenvalue weighted by Gasteiger charge is 2.49. The highest BCUT2D eigenvalue weighted by Crippen LogP contribution is 2.41. The van der Waals surface area contributed by atoms with E-state index < -0.39 is 23.4 Å². The molecular formula is C14H11N5O3. The summed E-state index contributed by atoms with van der Waals surface area (Å²) in [6.07, 6.45) is 0.672. The Hall–Kier alpha value is -2.90. The van der Waals surface area contributed by atoms with Crippen molar-refractivity contribution in [3.63, 3.8) is 0 Å². The summed E-state index contributed by atoms with van der Waals surface area (Å²) in [5, 5.41) is 12.6. The Morgan fingerprint density at radius 3 is 2.91 bits per heavy atom. The number of anilines is 1. The van der Waals surface area contributed by atoms with Gasteiger partial charge in [0.15, 0.2) is 11.7 Å². The fraction of sp³-hybridized carbons (Fsp3) is 0.286. The van der Waals surface area contributed by atoms with E-state index >= 15 is 0 Å². The van der Waals surface area contributed by atoms with Gasteiger partial charge in [-0.1, -0.05) is 12.1 Å². The molecule has 1 amide bonds. The van der Waals surface area contributed by atoms with E-state index in [4.69, 9.17) is 0 Å². The van der Waals surface area contributed by atoms with Gasteiger partial charge in [0.1, 0.15) is 0 Å². The number of hydrogen-bond acceptors (Lipinski definition) is 6. The number of tetrazole rings is 1. The molecule has 0 aliphatic carbocycles. The number of nitrogens with one attached hydrogen (secondary N) is 1. The average molecular weight is 297 g/mol. The number of carbonyl (C=O) groups is 3. The molecule has 0 radical (unpaired) electrons. The van der Waals surface area contributed by atoms with Crippen molar-refractivity contribution in [3.05, 3.63) is 35.2 Å². The van der Waals surface area contributed by atoms with Gasteiger partial charge in [0.25, 0.3) is 0 Å². The lowest BCUT2D eigenvalue weighted by Gasteiger charge is -2.31. The lowest BCUT2D eigenvalue weighted by atomic mass is 9.86. The zero-order valence-corrected chi connectivity index (χ0v) is 11.6. The molecule has 110 valence electrons. The lowest BCUT2D eigenvalue weighted by molar-refractivity contribution is -0.120. The molecule has 2 aliphatic rings. The SMILES string of the molecule is CC1Cc2cccc3c2N1C(=O)C(C(=O)c1nn[nH]n1)C3=O. The highest BCUT2D eigenvalue weighted by molar-refractivity contribution is 6.34. The number of benzene rings is 1. The van der Waals surface area contributed by atoms with Crippen molar-refractivity contribution in [2.24, 2.45) is 5.92 Å². The van der Waals surface area contributed by atoms with Crippen molar-refractivity contribution < 1.29 is 14.4 Å². The van der Waals surface area contributed by atoms with Crippen LogP contribution < -0.4 is 4.90 Å². The van der Waals surface area contributed by atoms with Gasteiger partial charge in [0.2, 0.25) is 17.5 Å². The van der Waals surface area contributed by atoms with Crippen LogP contribution in [0.15, 0.2) is 18.2 Å². The largest absolute Gasteiger partial charge is 0.307 e. The number of para-hydroxylation sites is 1. The highest BCUT2D eigenvalue weighted by atomic mass is 16.2. The number of hydrogen-bond donors (Lipinski definition) is 1. The molecule has 22 heavy (non-hydrogen) atoms. The van der Waals surface area contributed by atoms with Gasteiger partial charge in [-0.2, -0.15) is 5.21 Å². The number of Topliss-reactive ketones (excluding diaryl/α,β-unsaturated/α-hetero) is 2. The van der Waals surface area contributed by atoms with Crippen LogP contribution in [0.4, 0.5) is 5.69 Å². The monoisotopic (exact) mass is 297 g/mol. The molecule has 1 aromatic heterocycles. The zero-order chi connectivity index (χ0) is 15.4. The van der Waals surface area contributed by atoms with Gasteiger partial charge >= 0.3 is 0 Å². The summed E-state index contributed by atoms with van der Waals surface area (Å²) in [5.74, 6) is -3.41. The summed E-state index contributed by atoms with van der Waals surface area (Å²) >= 11 is 0. The van der Waals surface area contributed by atoms with E-state index in [0.717, 1.165) is 5.56 Å². The van der Waals surface area contributed by atoms with E-state index in [2.05, 4.69) is 20.6 Å². The minimum Gasteiger partial charge on any atom is -0.307 e. The standard InChI is InChI=1S/C14H11N5O3/c1-6-5-7-3-2-4-8-10(7)19(6)14(22)9(11(8)20)12(21)13-15-17-18-16-13/h2-4,6,9H,5H2,1H3,(H,15,16,17,18). The minimum absolute atomic E-state index is 0.0858. The second kappa shape index (κ2) is 4.30. The lowest BCUT2D eigenvalue weighted by Crippen LogP contribution is -2.49. The van der Waals surface area contributed by atoms with Crippen molar-refractivity contribution >= 4 is 23.2 Å². The maximum absolute atomic E-state index is 12.7. The number of ketones is 2. The molecule has 0 saturated heterocycles. The molecule has 2 aliphatic heterocycles. The van der Waals surface area contributed by atoms with Crippen LogP contribution in [0.25, 0.3) is 0 Å². The van der Waals surface area contributed by atoms with E-state index in [9.17, 15) is 14.4 Å². The first-order valence-corrected chi connectivity index (χ1v) is 6.86. The molecule has 2 atom stereocenters. The van der Waals surface area contributed by atoms with E-state index in [-0.39, 0.29) is 11.9 Å². The fourth-order valence-electron chi connectivity index (χ4n) is 3.23. The molecule has 1 N–H and O–H groups in total. The molecule has 4 rings (SSSR count). The third kappa shape index (κ3) is 1.51. The van der Waals surface area contributed by atoms with Crippen LogP contribution in [0.2, 0.25) is 0 Å². The van der Waals surface area contributed by atoms with Crippen molar-refractivity contribution in [2.75, 3.05) is 4.90 Å². The molecule has 8 heteroatoms. The topological polar surface area (TPSA) is 109 Å². The fourth-order valence-corrected chi connectivity index (χ4v) is 3.23. The van der Waals surface area contributed by atoms with E-state index in [1.807, 2.05) is 13.0 Å². The van der Waals surface area contributed by atoms with Gasteiger partial charge in [0.05, 0.1) is 5.69 Å². The van der Waals surface area contributed by atoms with Gasteiger partial charge < -0.3 is 4.90 Å². The molecular weight excluding hydrogens is 286 g/mol. The van der Waals surface area contributed by atoms with Crippen LogP contribution in [0, 0.1) is 5.92 Å². The van der Waals surface area contributed by atoms with Crippen molar-refractivity contribution in [1.29, 1.82) is 0 Å². The summed E-state index contributed by atoms with van der Waals surface area (Å²) in [7, 11) is 0. The number of aromatic amines is 1. The summed E-state index contributed by atoms with van der Waals surface area (Å²) in [6, 6.07) is 5.23. The Morgan fingerprint density at radius 1 is 1.36 bits per heavy atom. The maximum atomic E-state index is 12.7. The van der Waals surface area contributed by atoms with Gasteiger partial charge in [-0.05, 0) is 30.2 Å². The van der Waals surface area contributed by atoms with Crippen molar-refractivity contribution in [2.45, 2.75) is 19.4 Å². The minimum atomic E-state index is -1.43. The molecule has 0 bridgehead atoms. The van der Waals surface area contributed by atoms with Gasteiger partial charge in [-0.3, -0.25) is 14.4 Å². The Kier molecular flexibility index (Phi) is 2.50. The summed E-state index contributed by atoms with van der Waals surface area (Å²) in [6.45, 7) is 1.90. The number of rotatable bonds is 2. The molecule has 2 aromatic rings. The average Bonchev–Trinajstić information content (AvgIpc) is 3.12. The Morgan fingerprint density at radius 2 is 2.18 bits per heavy atom. The van der Waals surface area contributed by atoms with Gasteiger partial charge in [-0.25, -0.2) is 0 Å². The van der Waals surface area contributed by atoms with E-state index in [1.165, 1.54) is 0 Å². The summed E-state index contributed by atoms with van der Waals surface area (Å²) in [4.78, 5) is 39.3. The maximum Gasteiger partial charge on any atom is 0.246 e. The van der Waals surface area contributed by atoms with Crippen molar-refractivity contribution in [3.8, 4) is 0 Å². The third-order valence-corrected chi connectivity index (χ3v) is 4.16. The quantitative estimate of drug-likeness (QED) is 0.625. The molecule has 3 heterocycles. The van der Waals surface area contributed by atoms with Gasteiger partial charge in [-0.15, -0.1) is 10.2 Å². The second-order valence-electron chi connectivity index (χ2n) is 5.47. The second-order valence-corrected chi connectivity index (χ2v) is 5.47. The third-order valence-electron chi connectivity index (χ3n) is 4.16. The van der Waals surface area contributed by atoms with Gasteiger partial charge in [0, 0.05) is 11.6 Å². The van der Waals surface area contributed by atoms with Crippen molar-refractivity contribution in [1.82, 2.24) is 20.6 Å². The molecule has 0 fully saturated rings. The molecule has 0 spiro atoms. The number of aromatic nitrogens is 4. The number of nitrogens with zero attached hydrogens (tertiary/aromatic N) is 4. The van der Waals surface area contributed by atoms with Crippen LogP contribution in [-0.2, 0) is 11.2 Å². The number of carbonyl (C=O) groups excluding carboxylic acids is 3. The van der Waals surface area contributed by atoms with E-state index in [1.54, 1.807) is 17.0 Å². The first-order chi connectivity index (χ1) is 10.6. The summed E-state index contributed by atoms with van der Waals surface area (Å²) < 4.78 is 0. The number of H-pyrrole nitrogens is 1. The molecule has 0 saturated carbocycles. The van der Waals surface area contributed by atoms with Crippen LogP contribution >= 0.6 is 0 Å². The predicted octanol–water partition coefficient (Wildman–Crippen LogP) is 0.173. The predicted molar refractivity (Wildman–Crippen MR) is 73.4 cm³/mol. The molecule has 2 unspecified atom stereocenters. The Labute approximate surface area is 124 Å². The van der Waals surface area contributed by atoms with Crippen LogP contribution in [0.5, 0.6) is 0 Å². The molecule has 1 aromatic carbocycles. The van der Waals surface area contributed by atoms with Crippen LogP contribution in [-0.4, -0.2) is 44.1 Å². The molecule has 8 nitrogen and oxygen atoms in total. The smallest absolute Gasteiger partial charge is 0.246 e. The first-order valence-electron chi connectivity index (χ1n) is 6.86. The zero-order valence-electron chi connectivity index (χ0n) is 11.6. The number of amides is 1. The van der Waals surface area contributed by atoms with Crippen LogP contribution in [0.3, 0.4) is 0 Å². The van der Waals surface area contributed by atoms with Crippen LogP contribution in [0.1, 0.15) is 33.5 Å². The normalized spacial score (nSPS) is 22.9. The first kappa shape index (κ1) is 12.8.